The second kappa shape index (κ2) is 9.33. The third kappa shape index (κ3) is 4.79. The van der Waals surface area contributed by atoms with E-state index in [1.165, 1.54) is 9.58 Å². The minimum atomic E-state index is -0.610. The second-order valence-corrected chi connectivity index (χ2v) is 8.34. The lowest BCUT2D eigenvalue weighted by Crippen LogP contribution is -2.24. The summed E-state index contributed by atoms with van der Waals surface area (Å²) < 4.78 is 7.50. The number of nitrogens with zero attached hydrogens (tertiary/aromatic N) is 3. The molecule has 0 radical (unpaired) electrons. The van der Waals surface area contributed by atoms with Crippen LogP contribution in [0.25, 0.3) is 0 Å². The highest BCUT2D eigenvalue weighted by atomic mass is 79.9. The lowest BCUT2D eigenvalue weighted by atomic mass is 10.1. The Kier molecular flexibility index (Phi) is 7.36. The zero-order chi connectivity index (χ0) is 21.0. The molecule has 0 saturated heterocycles. The van der Waals surface area contributed by atoms with Crippen LogP contribution >= 0.6 is 27.3 Å². The van der Waals surface area contributed by atoms with Gasteiger partial charge in [-0.1, -0.05) is 6.92 Å². The molecule has 8 nitrogen and oxygen atoms in total. The molecule has 1 atom stereocenters. The van der Waals surface area contributed by atoms with Crippen molar-refractivity contribution in [2.75, 3.05) is 26.0 Å². The fourth-order valence-corrected chi connectivity index (χ4v) is 3.91. The fourth-order valence-electron chi connectivity index (χ4n) is 2.38. The van der Waals surface area contributed by atoms with Crippen LogP contribution in [-0.4, -0.2) is 53.2 Å². The molecule has 0 fully saturated rings. The number of hydrogen-bond donors (Lipinski definition) is 1. The van der Waals surface area contributed by atoms with E-state index < -0.39 is 12.0 Å². The lowest BCUT2D eigenvalue weighted by molar-refractivity contribution is -0.119. The molecule has 10 heteroatoms. The number of esters is 1. The molecule has 28 heavy (non-hydrogen) atoms. The first-order valence-corrected chi connectivity index (χ1v) is 10.3. The SMILES string of the molecule is CCCOC(=O)c1c(NC(=O)C(C)n2cc(Br)cn2)sc(C(=O)N(C)C)c1C. The molecule has 0 saturated carbocycles. The Balaban J connectivity index is 2.37. The van der Waals surface area contributed by atoms with E-state index in [1.54, 1.807) is 40.3 Å². The Hall–Kier alpha value is -2.20. The minimum absolute atomic E-state index is 0.214. The molecule has 0 aromatic carbocycles. The topological polar surface area (TPSA) is 93.5 Å². The summed E-state index contributed by atoms with van der Waals surface area (Å²) in [6, 6.07) is -0.610. The van der Waals surface area contributed by atoms with Crippen molar-refractivity contribution >= 4 is 50.1 Å². The van der Waals surface area contributed by atoms with E-state index in [2.05, 4.69) is 26.3 Å². The third-order valence-electron chi connectivity index (χ3n) is 3.97. The molecular weight excluding hydrogens is 448 g/mol. The Morgan fingerprint density at radius 2 is 2.07 bits per heavy atom. The molecule has 2 aromatic rings. The van der Waals surface area contributed by atoms with Gasteiger partial charge < -0.3 is 15.0 Å². The number of amides is 2. The summed E-state index contributed by atoms with van der Waals surface area (Å²) in [5, 5.41) is 7.17. The Labute approximate surface area is 176 Å². The fraction of sp³-hybridized carbons (Fsp3) is 0.444. The number of nitrogens with one attached hydrogen (secondary N) is 1. The molecule has 0 aliphatic heterocycles. The molecular formula is C18H23BrN4O4S. The van der Waals surface area contributed by atoms with E-state index >= 15 is 0 Å². The number of carbonyl (C=O) groups is 3. The molecule has 0 bridgehead atoms. The summed E-state index contributed by atoms with van der Waals surface area (Å²) in [5.41, 5.74) is 0.709. The number of thiophene rings is 1. The van der Waals surface area contributed by atoms with Crippen LogP contribution in [0.2, 0.25) is 0 Å². The predicted octanol–water partition coefficient (Wildman–Crippen LogP) is 3.48. The summed E-state index contributed by atoms with van der Waals surface area (Å²) >= 11 is 4.36. The predicted molar refractivity (Wildman–Crippen MR) is 111 cm³/mol. The average molecular weight is 471 g/mol. The lowest BCUT2D eigenvalue weighted by Gasteiger charge is -2.13. The van der Waals surface area contributed by atoms with Crippen LogP contribution < -0.4 is 5.32 Å². The van der Waals surface area contributed by atoms with Crippen molar-refractivity contribution in [1.82, 2.24) is 14.7 Å². The van der Waals surface area contributed by atoms with Gasteiger partial charge in [-0.25, -0.2) is 4.79 Å². The monoisotopic (exact) mass is 470 g/mol. The molecule has 0 spiro atoms. The summed E-state index contributed by atoms with van der Waals surface area (Å²) in [7, 11) is 3.26. The quantitative estimate of drug-likeness (QED) is 0.625. The number of rotatable bonds is 7. The van der Waals surface area contributed by atoms with Crippen LogP contribution in [0.4, 0.5) is 5.00 Å². The molecule has 0 aliphatic carbocycles. The van der Waals surface area contributed by atoms with E-state index in [-0.39, 0.29) is 24.0 Å². The first kappa shape index (κ1) is 22.1. The van der Waals surface area contributed by atoms with Gasteiger partial charge in [0.2, 0.25) is 5.91 Å². The van der Waals surface area contributed by atoms with E-state index in [0.29, 0.717) is 21.9 Å². The maximum Gasteiger partial charge on any atom is 0.341 e. The van der Waals surface area contributed by atoms with Crippen LogP contribution in [0, 0.1) is 6.92 Å². The number of hydrogen-bond acceptors (Lipinski definition) is 6. The maximum absolute atomic E-state index is 12.7. The van der Waals surface area contributed by atoms with Gasteiger partial charge in [0, 0.05) is 20.3 Å². The van der Waals surface area contributed by atoms with Gasteiger partial charge in [0.15, 0.2) is 0 Å². The van der Waals surface area contributed by atoms with Gasteiger partial charge in [-0.15, -0.1) is 11.3 Å². The average Bonchev–Trinajstić information content (AvgIpc) is 3.21. The molecule has 1 unspecified atom stereocenters. The summed E-state index contributed by atoms with van der Waals surface area (Å²) in [4.78, 5) is 39.5. The summed E-state index contributed by atoms with van der Waals surface area (Å²) in [6.07, 6.45) is 3.94. The van der Waals surface area contributed by atoms with Crippen LogP contribution in [0.5, 0.6) is 0 Å². The largest absolute Gasteiger partial charge is 0.462 e. The van der Waals surface area contributed by atoms with E-state index in [1.807, 2.05) is 6.92 Å². The summed E-state index contributed by atoms with van der Waals surface area (Å²) in [6.45, 7) is 5.52. The molecule has 2 aromatic heterocycles. The van der Waals surface area contributed by atoms with Gasteiger partial charge >= 0.3 is 5.97 Å². The number of anilines is 1. The van der Waals surface area contributed by atoms with E-state index in [0.717, 1.165) is 15.8 Å². The van der Waals surface area contributed by atoms with Gasteiger partial charge in [0.05, 0.1) is 27.7 Å². The van der Waals surface area contributed by atoms with Crippen molar-refractivity contribution in [2.24, 2.45) is 0 Å². The van der Waals surface area contributed by atoms with Crippen molar-refractivity contribution in [3.05, 3.63) is 32.9 Å². The normalized spacial score (nSPS) is 11.8. The van der Waals surface area contributed by atoms with Crippen LogP contribution in [0.1, 0.15) is 51.9 Å². The van der Waals surface area contributed by atoms with Crippen molar-refractivity contribution in [3.63, 3.8) is 0 Å². The number of carbonyl (C=O) groups excluding carboxylic acids is 3. The first-order chi connectivity index (χ1) is 13.2. The van der Waals surface area contributed by atoms with Crippen molar-refractivity contribution in [2.45, 2.75) is 33.2 Å². The Morgan fingerprint density at radius 3 is 2.61 bits per heavy atom. The highest BCUT2D eigenvalue weighted by Gasteiger charge is 2.28. The van der Waals surface area contributed by atoms with Crippen LogP contribution in [-0.2, 0) is 9.53 Å². The highest BCUT2D eigenvalue weighted by molar-refractivity contribution is 9.10. The molecule has 2 heterocycles. The number of ether oxygens (including phenoxy) is 1. The highest BCUT2D eigenvalue weighted by Crippen LogP contribution is 2.35. The maximum atomic E-state index is 12.7. The molecule has 0 aliphatic rings. The van der Waals surface area contributed by atoms with Gasteiger partial charge in [-0.3, -0.25) is 14.3 Å². The van der Waals surface area contributed by atoms with Crippen LogP contribution in [0.3, 0.4) is 0 Å². The zero-order valence-corrected chi connectivity index (χ0v) is 18.8. The molecule has 1 N–H and O–H groups in total. The van der Waals surface area contributed by atoms with Crippen molar-refractivity contribution in [3.8, 4) is 0 Å². The Bertz CT molecular complexity index is 890. The molecule has 2 amide bonds. The zero-order valence-electron chi connectivity index (χ0n) is 16.4. The number of halogens is 1. The summed E-state index contributed by atoms with van der Waals surface area (Å²) in [5.74, 6) is -1.15. The van der Waals surface area contributed by atoms with Gasteiger partial charge in [-0.05, 0) is 41.8 Å². The minimum Gasteiger partial charge on any atom is -0.462 e. The first-order valence-electron chi connectivity index (χ1n) is 8.70. The van der Waals surface area contributed by atoms with Crippen molar-refractivity contribution in [1.29, 1.82) is 0 Å². The van der Waals surface area contributed by atoms with Crippen LogP contribution in [0.15, 0.2) is 16.9 Å². The smallest absolute Gasteiger partial charge is 0.341 e. The standard InChI is InChI=1S/C18H23BrN4O4S/c1-6-7-27-18(26)13-10(2)14(17(25)22(4)5)28-16(13)21-15(24)11(3)23-9-12(19)8-20-23/h8-9,11H,6-7H2,1-5H3,(H,21,24). The third-order valence-corrected chi connectivity index (χ3v) is 5.58. The molecule has 152 valence electrons. The number of aromatic nitrogens is 2. The van der Waals surface area contributed by atoms with E-state index in [9.17, 15) is 14.4 Å². The van der Waals surface area contributed by atoms with Gasteiger partial charge in [0.25, 0.3) is 5.91 Å². The Morgan fingerprint density at radius 1 is 1.39 bits per heavy atom. The van der Waals surface area contributed by atoms with Crippen molar-refractivity contribution < 1.29 is 19.1 Å². The second-order valence-electron chi connectivity index (χ2n) is 6.40. The molecule has 2 rings (SSSR count). The van der Waals surface area contributed by atoms with E-state index in [4.69, 9.17) is 4.74 Å². The van der Waals surface area contributed by atoms with Gasteiger partial charge in [0.1, 0.15) is 11.0 Å². The van der Waals surface area contributed by atoms with Gasteiger partial charge in [-0.2, -0.15) is 5.10 Å².